The number of likely N-dealkylation sites (N-methyl/N-ethyl adjacent to an activating group) is 1. The summed E-state index contributed by atoms with van der Waals surface area (Å²) in [4.78, 5) is 7.04. The summed E-state index contributed by atoms with van der Waals surface area (Å²) < 4.78 is 11.0. The van der Waals surface area contributed by atoms with Crippen LogP contribution in [0.3, 0.4) is 0 Å². The molecule has 1 aromatic rings. The molecule has 2 N–H and O–H groups in total. The van der Waals surface area contributed by atoms with Crippen LogP contribution in [-0.2, 0) is 11.3 Å². The van der Waals surface area contributed by atoms with Gasteiger partial charge in [-0.15, -0.1) is 24.0 Å². The number of nitrogens with one attached hydrogen (secondary N) is 2. The van der Waals surface area contributed by atoms with Crippen LogP contribution in [0.25, 0.3) is 0 Å². The third kappa shape index (κ3) is 6.28. The van der Waals surface area contributed by atoms with E-state index < -0.39 is 0 Å². The lowest BCUT2D eigenvalue weighted by molar-refractivity contribution is -0.00501. The van der Waals surface area contributed by atoms with E-state index in [1.165, 1.54) is 0 Å². The number of hydrogen-bond acceptors (Lipinski definition) is 4. The van der Waals surface area contributed by atoms with E-state index in [2.05, 4.69) is 36.6 Å². The molecule has 0 spiro atoms. The van der Waals surface area contributed by atoms with Gasteiger partial charge in [0.05, 0.1) is 13.7 Å². The Labute approximate surface area is 174 Å². The van der Waals surface area contributed by atoms with Crippen LogP contribution >= 0.6 is 24.0 Å². The summed E-state index contributed by atoms with van der Waals surface area (Å²) >= 11 is 0. The Bertz CT molecular complexity index is 560. The summed E-state index contributed by atoms with van der Waals surface area (Å²) in [5.41, 5.74) is 1.19. The van der Waals surface area contributed by atoms with Crippen molar-refractivity contribution in [3.63, 3.8) is 0 Å². The van der Waals surface area contributed by atoms with Crippen molar-refractivity contribution in [2.75, 3.05) is 47.5 Å². The van der Waals surface area contributed by atoms with Crippen molar-refractivity contribution in [2.24, 2.45) is 4.99 Å². The molecule has 1 fully saturated rings. The fraction of sp³-hybridized carbons (Fsp3) is 0.632. The predicted molar refractivity (Wildman–Crippen MR) is 118 cm³/mol. The second-order valence-corrected chi connectivity index (χ2v) is 6.59. The minimum absolute atomic E-state index is 0. The molecular weight excluding hydrogens is 443 g/mol. The number of guanidine groups is 1. The number of ether oxygens (including phenoxy) is 2. The third-order valence-corrected chi connectivity index (χ3v) is 4.90. The largest absolute Gasteiger partial charge is 0.496 e. The molecule has 1 saturated heterocycles. The van der Waals surface area contributed by atoms with Crippen molar-refractivity contribution < 1.29 is 9.47 Å². The van der Waals surface area contributed by atoms with E-state index in [-0.39, 0.29) is 29.5 Å². The lowest BCUT2D eigenvalue weighted by Gasteiger charge is -2.43. The molecule has 1 heterocycles. The van der Waals surface area contributed by atoms with Gasteiger partial charge in [0.2, 0.25) is 0 Å². The van der Waals surface area contributed by atoms with E-state index in [1.54, 1.807) is 7.11 Å². The van der Waals surface area contributed by atoms with E-state index in [1.807, 2.05) is 24.3 Å². The first-order valence-corrected chi connectivity index (χ1v) is 9.00. The highest BCUT2D eigenvalue weighted by molar-refractivity contribution is 14.0. The Balaban J connectivity index is 0.00000338. The molecule has 0 amide bonds. The summed E-state index contributed by atoms with van der Waals surface area (Å²) in [6, 6.07) is 8.00. The minimum Gasteiger partial charge on any atom is -0.496 e. The Morgan fingerprint density at radius 2 is 1.92 bits per heavy atom. The van der Waals surface area contributed by atoms with Crippen LogP contribution in [0.2, 0.25) is 0 Å². The molecule has 2 rings (SSSR count). The Morgan fingerprint density at radius 1 is 1.23 bits per heavy atom. The average molecular weight is 476 g/mol. The van der Waals surface area contributed by atoms with Crippen LogP contribution in [0.15, 0.2) is 29.3 Å². The maximum absolute atomic E-state index is 5.55. The molecule has 0 atom stereocenters. The summed E-state index contributed by atoms with van der Waals surface area (Å²) in [5.74, 6) is 1.71. The van der Waals surface area contributed by atoms with Gasteiger partial charge in [-0.05, 0) is 39.9 Å². The zero-order valence-electron chi connectivity index (χ0n) is 16.4. The zero-order valence-corrected chi connectivity index (χ0v) is 18.7. The first kappa shape index (κ1) is 23.0. The predicted octanol–water partition coefficient (Wildman–Crippen LogP) is 2.48. The normalized spacial score (nSPS) is 16.7. The van der Waals surface area contributed by atoms with Crippen LogP contribution in [0.1, 0.15) is 25.3 Å². The van der Waals surface area contributed by atoms with Crippen molar-refractivity contribution >= 4 is 29.9 Å². The monoisotopic (exact) mass is 476 g/mol. The molecule has 0 saturated carbocycles. The molecule has 1 aromatic carbocycles. The van der Waals surface area contributed by atoms with Gasteiger partial charge in [-0.3, -0.25) is 0 Å². The topological polar surface area (TPSA) is 58.1 Å². The number of rotatable bonds is 7. The Kier molecular flexibility index (Phi) is 10.3. The minimum atomic E-state index is 0. The van der Waals surface area contributed by atoms with Crippen LogP contribution < -0.4 is 15.4 Å². The van der Waals surface area contributed by atoms with Crippen LogP contribution in [0.4, 0.5) is 0 Å². The molecule has 0 bridgehead atoms. The van der Waals surface area contributed by atoms with E-state index in [0.29, 0.717) is 6.54 Å². The molecule has 0 unspecified atom stereocenters. The Hall–Kier alpha value is -1.06. The van der Waals surface area contributed by atoms with Gasteiger partial charge in [-0.25, -0.2) is 4.99 Å². The fourth-order valence-electron chi connectivity index (χ4n) is 3.12. The van der Waals surface area contributed by atoms with Crippen LogP contribution in [0, 0.1) is 0 Å². The number of nitrogens with zero attached hydrogens (tertiary/aromatic N) is 2. The maximum Gasteiger partial charge on any atom is 0.191 e. The number of methoxy groups -OCH3 is 1. The highest BCUT2D eigenvalue weighted by Gasteiger charge is 2.34. The summed E-state index contributed by atoms with van der Waals surface area (Å²) in [7, 11) is 5.98. The SMILES string of the molecule is CCNC(=NCc1ccccc1OC)NCC1(N(C)C)CCOCC1.I. The van der Waals surface area contributed by atoms with Crippen molar-refractivity contribution in [2.45, 2.75) is 31.8 Å². The van der Waals surface area contributed by atoms with Gasteiger partial charge in [0.15, 0.2) is 5.96 Å². The lowest BCUT2D eigenvalue weighted by Crippen LogP contribution is -2.57. The Morgan fingerprint density at radius 3 is 2.54 bits per heavy atom. The van der Waals surface area contributed by atoms with Gasteiger partial charge in [0.1, 0.15) is 5.75 Å². The molecular formula is C19H33IN4O2. The number of para-hydroxylation sites is 1. The second-order valence-electron chi connectivity index (χ2n) is 6.59. The van der Waals surface area contributed by atoms with Gasteiger partial charge >= 0.3 is 0 Å². The molecule has 0 radical (unpaired) electrons. The molecule has 1 aliphatic heterocycles. The molecule has 1 aliphatic rings. The van der Waals surface area contributed by atoms with Crippen molar-refractivity contribution in [1.82, 2.24) is 15.5 Å². The second kappa shape index (κ2) is 11.6. The average Bonchev–Trinajstić information content (AvgIpc) is 2.65. The smallest absolute Gasteiger partial charge is 0.191 e. The molecule has 26 heavy (non-hydrogen) atoms. The van der Waals surface area contributed by atoms with Crippen molar-refractivity contribution in [3.05, 3.63) is 29.8 Å². The lowest BCUT2D eigenvalue weighted by atomic mass is 9.88. The molecule has 0 aromatic heterocycles. The third-order valence-electron chi connectivity index (χ3n) is 4.90. The van der Waals surface area contributed by atoms with Gasteiger partial charge in [0.25, 0.3) is 0 Å². The number of benzene rings is 1. The number of halogens is 1. The quantitative estimate of drug-likeness (QED) is 0.360. The first-order chi connectivity index (χ1) is 12.1. The summed E-state index contributed by atoms with van der Waals surface area (Å²) in [5, 5.41) is 6.86. The molecule has 7 heteroatoms. The van der Waals surface area contributed by atoms with Crippen molar-refractivity contribution in [1.29, 1.82) is 0 Å². The highest BCUT2D eigenvalue weighted by atomic mass is 127. The standard InChI is InChI=1S/C19H32N4O2.HI/c1-5-20-18(21-14-16-8-6-7-9-17(16)24-4)22-15-19(23(2)3)10-12-25-13-11-19;/h6-9H,5,10-15H2,1-4H3,(H2,20,21,22);1H. The summed E-state index contributed by atoms with van der Waals surface area (Å²) in [6.07, 6.45) is 2.05. The fourth-order valence-corrected chi connectivity index (χ4v) is 3.12. The van der Waals surface area contributed by atoms with Gasteiger partial charge in [-0.1, -0.05) is 18.2 Å². The van der Waals surface area contributed by atoms with Crippen LogP contribution in [0.5, 0.6) is 5.75 Å². The van der Waals surface area contributed by atoms with Crippen molar-refractivity contribution in [3.8, 4) is 5.75 Å². The number of aliphatic imine (C=N–C) groups is 1. The number of hydrogen-bond donors (Lipinski definition) is 2. The maximum atomic E-state index is 5.55. The van der Waals surface area contributed by atoms with E-state index >= 15 is 0 Å². The molecule has 0 aliphatic carbocycles. The zero-order chi connectivity index (χ0) is 18.1. The molecule has 148 valence electrons. The van der Waals surface area contributed by atoms with E-state index in [4.69, 9.17) is 14.5 Å². The van der Waals surface area contributed by atoms with Gasteiger partial charge in [-0.2, -0.15) is 0 Å². The van der Waals surface area contributed by atoms with E-state index in [0.717, 1.165) is 56.4 Å². The van der Waals surface area contributed by atoms with Gasteiger partial charge < -0.3 is 25.0 Å². The summed E-state index contributed by atoms with van der Waals surface area (Å²) in [6.45, 7) is 5.97. The highest BCUT2D eigenvalue weighted by Crippen LogP contribution is 2.25. The molecule has 6 nitrogen and oxygen atoms in total. The first-order valence-electron chi connectivity index (χ1n) is 9.00. The van der Waals surface area contributed by atoms with Gasteiger partial charge in [0, 0.05) is 37.4 Å². The van der Waals surface area contributed by atoms with Crippen LogP contribution in [-0.4, -0.2) is 63.9 Å². The van der Waals surface area contributed by atoms with E-state index in [9.17, 15) is 0 Å².